The maximum Gasteiger partial charge on any atom is 0.264 e. The van der Waals surface area contributed by atoms with E-state index < -0.39 is 16.2 Å². The highest BCUT2D eigenvalue weighted by Gasteiger charge is 2.14. The molecule has 18 heavy (non-hydrogen) atoms. The average molecular weight is 271 g/mol. The Balaban J connectivity index is 2.25. The number of nitrogen functional groups attached to an aromatic ring is 1. The number of nitrogens with two attached hydrogens (primary N) is 1. The van der Waals surface area contributed by atoms with Crippen molar-refractivity contribution in [1.82, 2.24) is 19.5 Å². The molecule has 0 saturated heterocycles. The van der Waals surface area contributed by atoms with E-state index in [0.717, 1.165) is 6.26 Å². The SMILES string of the molecule is CC(Cn1cnc2c(N)ncnc21)OS(C)(=O)=O. The molecule has 0 aliphatic heterocycles. The zero-order chi connectivity index (χ0) is 13.3. The Hall–Kier alpha value is -1.74. The maximum atomic E-state index is 11.0. The van der Waals surface area contributed by atoms with Gasteiger partial charge in [0, 0.05) is 0 Å². The summed E-state index contributed by atoms with van der Waals surface area (Å²) in [5, 5.41) is 0. The largest absolute Gasteiger partial charge is 0.382 e. The van der Waals surface area contributed by atoms with Gasteiger partial charge in [-0.1, -0.05) is 0 Å². The van der Waals surface area contributed by atoms with Gasteiger partial charge < -0.3 is 10.3 Å². The second-order valence-corrected chi connectivity index (χ2v) is 5.54. The molecule has 0 amide bonds. The van der Waals surface area contributed by atoms with Crippen molar-refractivity contribution in [1.29, 1.82) is 0 Å². The van der Waals surface area contributed by atoms with Crippen LogP contribution in [0.25, 0.3) is 11.2 Å². The van der Waals surface area contributed by atoms with Gasteiger partial charge in [0.05, 0.1) is 25.2 Å². The minimum Gasteiger partial charge on any atom is -0.382 e. The topological polar surface area (TPSA) is 113 Å². The molecule has 0 bridgehead atoms. The van der Waals surface area contributed by atoms with E-state index in [-0.39, 0.29) is 5.82 Å². The molecule has 0 aliphatic carbocycles. The Bertz CT molecular complexity index is 666. The Morgan fingerprint density at radius 1 is 1.44 bits per heavy atom. The molecule has 0 saturated carbocycles. The van der Waals surface area contributed by atoms with E-state index in [1.54, 1.807) is 11.5 Å². The molecule has 2 aromatic heterocycles. The van der Waals surface area contributed by atoms with Gasteiger partial charge in [-0.3, -0.25) is 4.18 Å². The highest BCUT2D eigenvalue weighted by Crippen LogP contribution is 2.15. The quantitative estimate of drug-likeness (QED) is 0.764. The Kier molecular flexibility index (Phi) is 3.18. The van der Waals surface area contributed by atoms with Crippen molar-refractivity contribution >= 4 is 27.1 Å². The van der Waals surface area contributed by atoms with Crippen LogP contribution >= 0.6 is 0 Å². The minimum atomic E-state index is -3.48. The highest BCUT2D eigenvalue weighted by molar-refractivity contribution is 7.86. The van der Waals surface area contributed by atoms with E-state index in [1.165, 1.54) is 12.7 Å². The van der Waals surface area contributed by atoms with Crippen LogP contribution in [0.15, 0.2) is 12.7 Å². The molecule has 98 valence electrons. The molecule has 8 nitrogen and oxygen atoms in total. The first-order valence-corrected chi connectivity index (χ1v) is 6.98. The van der Waals surface area contributed by atoms with Crippen LogP contribution < -0.4 is 5.73 Å². The molecule has 2 aromatic rings. The fraction of sp³-hybridized carbons (Fsp3) is 0.444. The monoisotopic (exact) mass is 271 g/mol. The van der Waals surface area contributed by atoms with Crippen LogP contribution in [0.1, 0.15) is 6.92 Å². The maximum absolute atomic E-state index is 11.0. The third-order valence-electron chi connectivity index (χ3n) is 2.22. The van der Waals surface area contributed by atoms with Crippen molar-refractivity contribution in [3.8, 4) is 0 Å². The second kappa shape index (κ2) is 4.50. The smallest absolute Gasteiger partial charge is 0.264 e. The fourth-order valence-electron chi connectivity index (χ4n) is 1.64. The van der Waals surface area contributed by atoms with Gasteiger partial charge in [-0.25, -0.2) is 15.0 Å². The zero-order valence-corrected chi connectivity index (χ0v) is 10.8. The molecule has 9 heteroatoms. The van der Waals surface area contributed by atoms with Crippen LogP contribution in [0.3, 0.4) is 0 Å². The third kappa shape index (κ3) is 2.74. The van der Waals surface area contributed by atoms with Gasteiger partial charge in [0.25, 0.3) is 10.1 Å². The number of hydrogen-bond acceptors (Lipinski definition) is 7. The number of fused-ring (bicyclic) bond motifs is 1. The summed E-state index contributed by atoms with van der Waals surface area (Å²) in [6, 6.07) is 0. The van der Waals surface area contributed by atoms with E-state index in [9.17, 15) is 8.42 Å². The van der Waals surface area contributed by atoms with E-state index in [2.05, 4.69) is 15.0 Å². The van der Waals surface area contributed by atoms with Crippen molar-refractivity contribution in [3.63, 3.8) is 0 Å². The Labute approximate surface area is 104 Å². The van der Waals surface area contributed by atoms with Gasteiger partial charge in [-0.15, -0.1) is 0 Å². The zero-order valence-electron chi connectivity index (χ0n) is 9.94. The standard InChI is InChI=1S/C9H13N5O3S/c1-6(17-18(2,15)16)3-14-5-13-7-8(10)11-4-12-9(7)14/h4-6H,3H2,1-2H3,(H2,10,11,12). The van der Waals surface area contributed by atoms with Crippen LogP contribution in [0, 0.1) is 0 Å². The van der Waals surface area contributed by atoms with E-state index in [1.807, 2.05) is 0 Å². The summed E-state index contributed by atoms with van der Waals surface area (Å²) < 4.78 is 28.5. The highest BCUT2D eigenvalue weighted by atomic mass is 32.2. The first-order valence-electron chi connectivity index (χ1n) is 5.16. The van der Waals surface area contributed by atoms with Crippen molar-refractivity contribution < 1.29 is 12.6 Å². The van der Waals surface area contributed by atoms with E-state index in [4.69, 9.17) is 9.92 Å². The molecule has 0 spiro atoms. The van der Waals surface area contributed by atoms with Crippen LogP contribution in [0.4, 0.5) is 5.82 Å². The lowest BCUT2D eigenvalue weighted by atomic mass is 10.4. The van der Waals surface area contributed by atoms with Gasteiger partial charge in [-0.05, 0) is 6.92 Å². The molecule has 2 N–H and O–H groups in total. The van der Waals surface area contributed by atoms with Gasteiger partial charge >= 0.3 is 0 Å². The third-order valence-corrected chi connectivity index (χ3v) is 2.90. The Morgan fingerprint density at radius 2 is 2.17 bits per heavy atom. The van der Waals surface area contributed by atoms with E-state index in [0.29, 0.717) is 17.7 Å². The minimum absolute atomic E-state index is 0.287. The second-order valence-electron chi connectivity index (χ2n) is 3.94. The number of hydrogen-bond donors (Lipinski definition) is 1. The molecule has 0 aliphatic rings. The lowest BCUT2D eigenvalue weighted by Crippen LogP contribution is -2.19. The summed E-state index contributed by atoms with van der Waals surface area (Å²) in [4.78, 5) is 12.0. The molecule has 1 atom stereocenters. The van der Waals surface area contributed by atoms with Crippen molar-refractivity contribution in [2.75, 3.05) is 12.0 Å². The first kappa shape index (κ1) is 12.7. The first-order chi connectivity index (χ1) is 8.37. The van der Waals surface area contributed by atoms with Gasteiger partial charge in [0.1, 0.15) is 11.8 Å². The molecule has 1 unspecified atom stereocenters. The average Bonchev–Trinajstić information content (AvgIpc) is 2.60. The molecular formula is C9H13N5O3S. The molecule has 0 aromatic carbocycles. The van der Waals surface area contributed by atoms with Crippen LogP contribution in [0.2, 0.25) is 0 Å². The van der Waals surface area contributed by atoms with Gasteiger partial charge in [0.15, 0.2) is 11.5 Å². The molecular weight excluding hydrogens is 258 g/mol. The fourth-order valence-corrected chi connectivity index (χ4v) is 2.30. The number of aromatic nitrogens is 4. The molecule has 2 rings (SSSR count). The summed E-state index contributed by atoms with van der Waals surface area (Å²) in [5.41, 5.74) is 6.69. The number of anilines is 1. The van der Waals surface area contributed by atoms with Crippen LogP contribution in [-0.4, -0.2) is 40.3 Å². The number of rotatable bonds is 4. The predicted molar refractivity (Wildman–Crippen MR) is 65.1 cm³/mol. The summed E-state index contributed by atoms with van der Waals surface area (Å²) in [6.07, 6.45) is 3.35. The number of nitrogens with zero attached hydrogens (tertiary/aromatic N) is 4. The summed E-state index contributed by atoms with van der Waals surface area (Å²) in [6.45, 7) is 1.96. The van der Waals surface area contributed by atoms with Crippen molar-refractivity contribution in [2.24, 2.45) is 0 Å². The molecule has 0 radical (unpaired) electrons. The summed E-state index contributed by atoms with van der Waals surface area (Å²) in [5.74, 6) is 0.287. The van der Waals surface area contributed by atoms with Crippen LogP contribution in [0.5, 0.6) is 0 Å². The predicted octanol–water partition coefficient (Wildman–Crippen LogP) is -0.227. The summed E-state index contributed by atoms with van der Waals surface area (Å²) in [7, 11) is -3.48. The van der Waals surface area contributed by atoms with E-state index >= 15 is 0 Å². The van der Waals surface area contributed by atoms with Gasteiger partial charge in [0.2, 0.25) is 0 Å². The van der Waals surface area contributed by atoms with Crippen molar-refractivity contribution in [2.45, 2.75) is 19.6 Å². The normalized spacial score (nSPS) is 13.9. The Morgan fingerprint density at radius 3 is 2.83 bits per heavy atom. The summed E-state index contributed by atoms with van der Waals surface area (Å²) >= 11 is 0. The van der Waals surface area contributed by atoms with Crippen molar-refractivity contribution in [3.05, 3.63) is 12.7 Å². The lowest BCUT2D eigenvalue weighted by Gasteiger charge is -2.11. The molecule has 2 heterocycles. The number of imidazole rings is 1. The van der Waals surface area contributed by atoms with Gasteiger partial charge in [-0.2, -0.15) is 8.42 Å². The van der Waals surface area contributed by atoms with Crippen LogP contribution in [-0.2, 0) is 20.8 Å². The molecule has 0 fully saturated rings. The lowest BCUT2D eigenvalue weighted by molar-refractivity contribution is 0.210.